The Labute approximate surface area is 444 Å². The third-order valence-electron chi connectivity index (χ3n) is 18.0. The zero-order valence-electron chi connectivity index (χ0n) is 43.7. The van der Waals surface area contributed by atoms with Crippen LogP contribution in [-0.4, -0.2) is 0 Å². The summed E-state index contributed by atoms with van der Waals surface area (Å²) in [7, 11) is 0. The molecular formula is C74H55NO. The summed E-state index contributed by atoms with van der Waals surface area (Å²) in [5, 5.41) is 4.59. The third-order valence-corrected chi connectivity index (χ3v) is 18.0. The van der Waals surface area contributed by atoms with Crippen molar-refractivity contribution in [2.45, 2.75) is 63.2 Å². The molecule has 0 radical (unpaired) electrons. The molecule has 0 unspecified atom stereocenters. The summed E-state index contributed by atoms with van der Waals surface area (Å²) in [6.45, 7) is 14.1. The van der Waals surface area contributed by atoms with Crippen LogP contribution in [0.2, 0.25) is 0 Å². The van der Waals surface area contributed by atoms with Gasteiger partial charge < -0.3 is 9.32 Å². The molecule has 2 spiro atoms. The van der Waals surface area contributed by atoms with E-state index in [0.717, 1.165) is 44.4 Å². The quantitative estimate of drug-likeness (QED) is 0.175. The second-order valence-corrected chi connectivity index (χ2v) is 23.9. The topological polar surface area (TPSA) is 16.4 Å². The first kappa shape index (κ1) is 43.7. The Bertz CT molecular complexity index is 4400. The molecule has 4 aliphatic carbocycles. The number of hydrogen-bond acceptors (Lipinski definition) is 2. The molecular weight excluding hydrogens is 919 g/mol. The monoisotopic (exact) mass is 973 g/mol. The van der Waals surface area contributed by atoms with Gasteiger partial charge in [0.1, 0.15) is 5.58 Å². The molecule has 0 saturated carbocycles. The molecule has 362 valence electrons. The number of para-hydroxylation sites is 1. The number of anilines is 3. The average molecular weight is 974 g/mol. The van der Waals surface area contributed by atoms with Gasteiger partial charge in [-0.1, -0.05) is 242 Å². The van der Waals surface area contributed by atoms with Crippen molar-refractivity contribution in [1.82, 2.24) is 0 Å². The van der Waals surface area contributed by atoms with Crippen molar-refractivity contribution in [1.29, 1.82) is 0 Å². The lowest BCUT2D eigenvalue weighted by molar-refractivity contribution is 0.586. The molecule has 0 atom stereocenters. The van der Waals surface area contributed by atoms with E-state index in [4.69, 9.17) is 4.42 Å². The van der Waals surface area contributed by atoms with Crippen LogP contribution in [0, 0.1) is 0 Å². The highest BCUT2D eigenvalue weighted by Gasteiger charge is 2.55. The Morgan fingerprint density at radius 1 is 0.329 bits per heavy atom. The largest absolute Gasteiger partial charge is 0.454 e. The van der Waals surface area contributed by atoms with E-state index in [1.54, 1.807) is 0 Å². The number of benzene rings is 11. The van der Waals surface area contributed by atoms with Crippen molar-refractivity contribution in [3.05, 3.63) is 280 Å². The first-order valence-corrected chi connectivity index (χ1v) is 27.1. The predicted octanol–water partition coefficient (Wildman–Crippen LogP) is 19.5. The number of furan rings is 1. The third kappa shape index (κ3) is 5.41. The van der Waals surface area contributed by atoms with E-state index in [2.05, 4.69) is 271 Å². The Balaban J connectivity index is 1.07. The van der Waals surface area contributed by atoms with Crippen LogP contribution in [0.5, 0.6) is 0 Å². The number of nitrogens with zero attached hydrogens (tertiary/aromatic N) is 1. The lowest BCUT2D eigenvalue weighted by atomic mass is 9.69. The van der Waals surface area contributed by atoms with Crippen LogP contribution in [0.25, 0.3) is 77.2 Å². The minimum Gasteiger partial charge on any atom is -0.454 e. The van der Waals surface area contributed by atoms with Crippen LogP contribution in [0.3, 0.4) is 0 Å². The smallest absolute Gasteiger partial charge is 0.160 e. The molecule has 4 aliphatic rings. The minimum atomic E-state index is -0.592. The van der Waals surface area contributed by atoms with Crippen molar-refractivity contribution < 1.29 is 4.42 Å². The second-order valence-electron chi connectivity index (χ2n) is 23.9. The molecule has 11 aromatic carbocycles. The zero-order valence-corrected chi connectivity index (χ0v) is 43.7. The van der Waals surface area contributed by atoms with Gasteiger partial charge in [-0.15, -0.1) is 0 Å². The Morgan fingerprint density at radius 3 is 1.26 bits per heavy atom. The molecule has 0 aliphatic heterocycles. The number of fused-ring (bicyclic) bond motifs is 25. The van der Waals surface area contributed by atoms with E-state index in [9.17, 15) is 0 Å². The van der Waals surface area contributed by atoms with Crippen LogP contribution >= 0.6 is 0 Å². The van der Waals surface area contributed by atoms with Gasteiger partial charge in [0.2, 0.25) is 0 Å². The van der Waals surface area contributed by atoms with Crippen molar-refractivity contribution in [2.24, 2.45) is 0 Å². The fourth-order valence-electron chi connectivity index (χ4n) is 14.8. The van der Waals surface area contributed by atoms with Crippen molar-refractivity contribution in [3.63, 3.8) is 0 Å². The van der Waals surface area contributed by atoms with Gasteiger partial charge in [0, 0.05) is 21.9 Å². The summed E-state index contributed by atoms with van der Waals surface area (Å²) in [4.78, 5) is 2.61. The van der Waals surface area contributed by atoms with E-state index < -0.39 is 10.8 Å². The molecule has 76 heavy (non-hydrogen) atoms. The van der Waals surface area contributed by atoms with Crippen LogP contribution < -0.4 is 4.90 Å². The Morgan fingerprint density at radius 2 is 0.737 bits per heavy atom. The highest BCUT2D eigenvalue weighted by Crippen LogP contribution is 2.68. The van der Waals surface area contributed by atoms with E-state index in [0.29, 0.717) is 0 Å². The summed E-state index contributed by atoms with van der Waals surface area (Å²) in [6.07, 6.45) is 0. The van der Waals surface area contributed by atoms with Crippen LogP contribution in [0.15, 0.2) is 229 Å². The van der Waals surface area contributed by atoms with Crippen LogP contribution in [0.1, 0.15) is 97.2 Å². The SMILES string of the molecule is CC(C)(C)c1ccc2c(c1)C1(c3cc(C(C)(C)C)ccc3-2)c2ccccc2-c2c(N(c3cccc4c3-c3ccccc3C43c4ccccc4-c4ccccc43)c3cc4ccccc4c4c3oc3ccccc34)cccc21. The number of rotatable bonds is 3. The lowest BCUT2D eigenvalue weighted by Crippen LogP contribution is -2.27. The molecule has 0 amide bonds. The summed E-state index contributed by atoms with van der Waals surface area (Å²) in [5.74, 6) is 0. The van der Waals surface area contributed by atoms with Gasteiger partial charge in [0.15, 0.2) is 5.58 Å². The average Bonchev–Trinajstić information content (AvgIpc) is 4.42. The first-order valence-electron chi connectivity index (χ1n) is 27.1. The van der Waals surface area contributed by atoms with Crippen molar-refractivity contribution >= 4 is 49.8 Å². The van der Waals surface area contributed by atoms with Crippen molar-refractivity contribution in [2.75, 3.05) is 4.90 Å². The molecule has 2 nitrogen and oxygen atoms in total. The molecule has 0 N–H and O–H groups in total. The summed E-state index contributed by atoms with van der Waals surface area (Å²) >= 11 is 0. The van der Waals surface area contributed by atoms with Crippen LogP contribution in [0.4, 0.5) is 17.1 Å². The van der Waals surface area contributed by atoms with Gasteiger partial charge in [-0.2, -0.15) is 0 Å². The van der Waals surface area contributed by atoms with Gasteiger partial charge in [-0.25, -0.2) is 0 Å². The van der Waals surface area contributed by atoms with Gasteiger partial charge in [0.25, 0.3) is 0 Å². The Hall–Kier alpha value is -8.72. The fraction of sp³-hybridized carbons (Fsp3) is 0.135. The first-order chi connectivity index (χ1) is 37.0. The highest BCUT2D eigenvalue weighted by molar-refractivity contribution is 6.23. The second kappa shape index (κ2) is 15.0. The van der Waals surface area contributed by atoms with E-state index in [1.165, 1.54) is 106 Å². The van der Waals surface area contributed by atoms with E-state index in [-0.39, 0.29) is 10.8 Å². The summed E-state index contributed by atoms with van der Waals surface area (Å²) in [5.41, 5.74) is 27.2. The van der Waals surface area contributed by atoms with Gasteiger partial charge in [-0.05, 0) is 135 Å². The van der Waals surface area contributed by atoms with E-state index in [1.807, 2.05) is 0 Å². The molecule has 16 rings (SSSR count). The Kier molecular flexibility index (Phi) is 8.61. The normalized spacial score (nSPS) is 14.7. The van der Waals surface area contributed by atoms with Crippen molar-refractivity contribution in [3.8, 4) is 44.5 Å². The van der Waals surface area contributed by atoms with Crippen LogP contribution in [-0.2, 0) is 21.7 Å². The molecule has 2 heteroatoms. The van der Waals surface area contributed by atoms with Gasteiger partial charge >= 0.3 is 0 Å². The molecule has 12 aromatic rings. The standard InChI is InChI=1S/C74H55NO/c1-71(2,3)45-37-39-50-51-40-38-46(72(4,5)6)43-62(51)74(61(50)42-45)58-31-17-12-26-53(58)69-60(74)33-20-35-64(69)75(65-41-44-21-7-8-22-47(44)67-54-27-13-18-36-66(54)76-70(65)67)63-34-19-32-59-68(63)52-25-11-16-30-57(52)73(59)55-28-14-9-23-48(55)49-24-10-15-29-56(49)73/h7-43H,1-6H3. The molecule has 0 saturated heterocycles. The highest BCUT2D eigenvalue weighted by atomic mass is 16.3. The maximum absolute atomic E-state index is 7.31. The maximum atomic E-state index is 7.31. The summed E-state index contributed by atoms with van der Waals surface area (Å²) < 4.78 is 7.31. The predicted molar refractivity (Wildman–Crippen MR) is 316 cm³/mol. The molecule has 1 heterocycles. The summed E-state index contributed by atoms with van der Waals surface area (Å²) in [6, 6.07) is 85.7. The molecule has 1 aromatic heterocycles. The number of hydrogen-bond donors (Lipinski definition) is 0. The fourth-order valence-corrected chi connectivity index (χ4v) is 14.8. The minimum absolute atomic E-state index is 0.0586. The zero-order chi connectivity index (χ0) is 51.0. The van der Waals surface area contributed by atoms with E-state index >= 15 is 0 Å². The van der Waals surface area contributed by atoms with Gasteiger partial charge in [0.05, 0.1) is 27.9 Å². The lowest BCUT2D eigenvalue weighted by Gasteiger charge is -2.34. The van der Waals surface area contributed by atoms with Gasteiger partial charge in [-0.3, -0.25) is 0 Å². The molecule has 0 fully saturated rings. The maximum Gasteiger partial charge on any atom is 0.160 e. The molecule has 0 bridgehead atoms.